The molecule has 3 aromatic rings. The van der Waals surface area contributed by atoms with Gasteiger partial charge in [-0.2, -0.15) is 5.10 Å². The Morgan fingerprint density at radius 3 is 2.95 bits per heavy atom. The fourth-order valence-corrected chi connectivity index (χ4v) is 1.71. The average molecular weight is 280 g/mol. The summed E-state index contributed by atoms with van der Waals surface area (Å²) in [6.45, 7) is 0. The number of halogens is 2. The molecule has 9 heteroatoms. The normalized spacial score (nSPS) is 10.9. The van der Waals surface area contributed by atoms with Crippen molar-refractivity contribution in [2.75, 3.05) is 0 Å². The molecule has 7 nitrogen and oxygen atoms in total. The number of aromatic nitrogens is 4. The number of aromatic amines is 1. The highest BCUT2D eigenvalue weighted by Gasteiger charge is 2.12. The topological polar surface area (TPSA) is 93.0 Å². The number of carboxylic acid groups (broad SMARTS) is 1. The highest BCUT2D eigenvalue weighted by molar-refractivity contribution is 5.77. The maximum absolute atomic E-state index is 13.5. The van der Waals surface area contributed by atoms with Gasteiger partial charge in [-0.15, -0.1) is 0 Å². The number of nitrogens with one attached hydrogen (secondary N) is 1. The van der Waals surface area contributed by atoms with Gasteiger partial charge in [0.1, 0.15) is 11.3 Å². The molecule has 0 saturated heterocycles. The van der Waals surface area contributed by atoms with Gasteiger partial charge in [0.2, 0.25) is 5.95 Å². The van der Waals surface area contributed by atoms with Crippen LogP contribution in [0, 0.1) is 11.6 Å². The van der Waals surface area contributed by atoms with Gasteiger partial charge >= 0.3 is 6.16 Å². The molecule has 0 saturated carbocycles. The van der Waals surface area contributed by atoms with Crippen LogP contribution >= 0.6 is 0 Å². The fraction of sp³-hybridized carbons (Fsp3) is 0. The first-order valence-corrected chi connectivity index (χ1v) is 5.33. The van der Waals surface area contributed by atoms with Crippen LogP contribution in [0.5, 0.6) is 5.75 Å². The van der Waals surface area contributed by atoms with E-state index in [9.17, 15) is 13.6 Å². The number of nitrogens with zero attached hydrogens (tertiary/aromatic N) is 3. The van der Waals surface area contributed by atoms with Crippen molar-refractivity contribution in [3.05, 3.63) is 36.2 Å². The number of fused-ring (bicyclic) bond motifs is 1. The van der Waals surface area contributed by atoms with Crippen LogP contribution in [0.25, 0.3) is 17.0 Å². The lowest BCUT2D eigenvalue weighted by atomic mass is 10.3. The van der Waals surface area contributed by atoms with E-state index < -0.39 is 17.8 Å². The highest BCUT2D eigenvalue weighted by Crippen LogP contribution is 2.19. The van der Waals surface area contributed by atoms with Crippen molar-refractivity contribution >= 4 is 17.2 Å². The number of carbonyl (C=O) groups is 1. The maximum atomic E-state index is 13.5. The maximum Gasteiger partial charge on any atom is 0.511 e. The first-order valence-electron chi connectivity index (χ1n) is 5.33. The standard InChI is InChI=1S/C11H6F2N4O3/c12-5-1-7(13)9-8(2-5)15-10(16-9)17-4-6(3-14-17)20-11(18)19/h1-4H,(H,15,16)(H,18,19). The molecule has 0 amide bonds. The summed E-state index contributed by atoms with van der Waals surface area (Å²) in [5, 5.41) is 12.3. The molecule has 2 aromatic heterocycles. The number of H-pyrrole nitrogens is 1. The van der Waals surface area contributed by atoms with E-state index in [0.717, 1.165) is 23.0 Å². The predicted molar refractivity (Wildman–Crippen MR) is 61.8 cm³/mol. The second-order valence-electron chi connectivity index (χ2n) is 3.83. The van der Waals surface area contributed by atoms with Gasteiger partial charge in [0.05, 0.1) is 17.9 Å². The van der Waals surface area contributed by atoms with E-state index in [1.165, 1.54) is 6.20 Å². The molecule has 0 atom stereocenters. The minimum absolute atomic E-state index is 0.0235. The van der Waals surface area contributed by atoms with Gasteiger partial charge in [0, 0.05) is 6.07 Å². The van der Waals surface area contributed by atoms with Gasteiger partial charge in [-0.05, 0) is 6.07 Å². The average Bonchev–Trinajstić information content (AvgIpc) is 2.94. The van der Waals surface area contributed by atoms with E-state index in [1.54, 1.807) is 0 Å². The van der Waals surface area contributed by atoms with Gasteiger partial charge in [-0.25, -0.2) is 23.2 Å². The molecule has 0 spiro atoms. The Hall–Kier alpha value is -2.97. The van der Waals surface area contributed by atoms with Gasteiger partial charge in [0.25, 0.3) is 0 Å². The van der Waals surface area contributed by atoms with Crippen LogP contribution in [0.4, 0.5) is 13.6 Å². The molecule has 0 aliphatic rings. The third kappa shape index (κ3) is 2.05. The first-order chi connectivity index (χ1) is 9.52. The smallest absolute Gasteiger partial charge is 0.449 e. The third-order valence-electron chi connectivity index (χ3n) is 2.47. The Morgan fingerprint density at radius 2 is 2.20 bits per heavy atom. The summed E-state index contributed by atoms with van der Waals surface area (Å²) in [4.78, 5) is 16.9. The van der Waals surface area contributed by atoms with Crippen molar-refractivity contribution in [1.82, 2.24) is 19.7 Å². The zero-order chi connectivity index (χ0) is 14.3. The zero-order valence-corrected chi connectivity index (χ0v) is 9.67. The molecule has 0 fully saturated rings. The number of rotatable bonds is 2. The number of benzene rings is 1. The minimum Gasteiger partial charge on any atom is -0.449 e. The molecule has 2 heterocycles. The van der Waals surface area contributed by atoms with Crippen LogP contribution in [0.15, 0.2) is 24.5 Å². The van der Waals surface area contributed by atoms with Crippen LogP contribution in [-0.4, -0.2) is 31.0 Å². The quantitative estimate of drug-likeness (QED) is 0.701. The van der Waals surface area contributed by atoms with Gasteiger partial charge in [-0.3, -0.25) is 0 Å². The van der Waals surface area contributed by atoms with Crippen molar-refractivity contribution in [2.45, 2.75) is 0 Å². The van der Waals surface area contributed by atoms with Gasteiger partial charge in [0.15, 0.2) is 11.6 Å². The summed E-state index contributed by atoms with van der Waals surface area (Å²) in [5.74, 6) is -1.47. The van der Waals surface area contributed by atoms with Gasteiger partial charge < -0.3 is 14.8 Å². The molecule has 1 aromatic carbocycles. The Kier molecular flexibility index (Phi) is 2.60. The molecule has 20 heavy (non-hydrogen) atoms. The summed E-state index contributed by atoms with van der Waals surface area (Å²) in [6.07, 6.45) is 0.903. The van der Waals surface area contributed by atoms with E-state index in [2.05, 4.69) is 19.8 Å². The molecular formula is C11H6F2N4O3. The monoisotopic (exact) mass is 280 g/mol. The summed E-state index contributed by atoms with van der Waals surface area (Å²) in [6, 6.07) is 1.81. The Labute approximate surface area is 109 Å². The van der Waals surface area contributed by atoms with E-state index in [-0.39, 0.29) is 22.7 Å². The SMILES string of the molecule is O=C(O)Oc1cnn(-c2nc3c(F)cc(F)cc3[nH]2)c1. The van der Waals surface area contributed by atoms with Crippen molar-refractivity contribution in [2.24, 2.45) is 0 Å². The molecule has 0 radical (unpaired) electrons. The van der Waals surface area contributed by atoms with Crippen LogP contribution in [0.1, 0.15) is 0 Å². The molecule has 0 aliphatic heterocycles. The summed E-state index contributed by atoms with van der Waals surface area (Å²) in [5.41, 5.74) is 0.117. The first kappa shape index (κ1) is 12.1. The van der Waals surface area contributed by atoms with Crippen LogP contribution in [0.2, 0.25) is 0 Å². The fourth-order valence-electron chi connectivity index (χ4n) is 1.71. The lowest BCUT2D eigenvalue weighted by Crippen LogP contribution is -2.02. The summed E-state index contributed by atoms with van der Waals surface area (Å²) < 4.78 is 32.1. The molecule has 0 unspecified atom stereocenters. The predicted octanol–water partition coefficient (Wildman–Crippen LogP) is 2.08. The van der Waals surface area contributed by atoms with Crippen LogP contribution in [0.3, 0.4) is 0 Å². The lowest BCUT2D eigenvalue weighted by molar-refractivity contribution is 0.144. The number of hydrogen-bond donors (Lipinski definition) is 2. The molecular weight excluding hydrogens is 274 g/mol. The van der Waals surface area contributed by atoms with Crippen LogP contribution in [-0.2, 0) is 0 Å². The van der Waals surface area contributed by atoms with Crippen molar-refractivity contribution < 1.29 is 23.4 Å². The molecule has 0 bridgehead atoms. The number of ether oxygens (including phenoxy) is 1. The Morgan fingerprint density at radius 1 is 1.40 bits per heavy atom. The van der Waals surface area contributed by atoms with Crippen molar-refractivity contribution in [3.63, 3.8) is 0 Å². The summed E-state index contributed by atoms with van der Waals surface area (Å²) in [7, 11) is 0. The van der Waals surface area contributed by atoms with Crippen LogP contribution < -0.4 is 4.74 Å². The second kappa shape index (κ2) is 4.30. The largest absolute Gasteiger partial charge is 0.511 e. The Bertz CT molecular complexity index is 811. The molecule has 0 aliphatic carbocycles. The zero-order valence-electron chi connectivity index (χ0n) is 9.67. The lowest BCUT2D eigenvalue weighted by Gasteiger charge is -1.93. The molecule has 3 rings (SSSR count). The second-order valence-corrected chi connectivity index (χ2v) is 3.83. The molecule has 2 N–H and O–H groups in total. The number of imidazole rings is 1. The van der Waals surface area contributed by atoms with E-state index in [0.29, 0.717) is 0 Å². The highest BCUT2D eigenvalue weighted by atomic mass is 19.1. The van der Waals surface area contributed by atoms with E-state index in [4.69, 9.17) is 5.11 Å². The Balaban J connectivity index is 2.04. The van der Waals surface area contributed by atoms with Crippen molar-refractivity contribution in [1.29, 1.82) is 0 Å². The molecule has 102 valence electrons. The van der Waals surface area contributed by atoms with Crippen molar-refractivity contribution in [3.8, 4) is 11.7 Å². The summed E-state index contributed by atoms with van der Waals surface area (Å²) >= 11 is 0. The third-order valence-corrected chi connectivity index (χ3v) is 2.47. The number of hydrogen-bond acceptors (Lipinski definition) is 4. The van der Waals surface area contributed by atoms with E-state index in [1.807, 2.05) is 0 Å². The van der Waals surface area contributed by atoms with E-state index >= 15 is 0 Å². The van der Waals surface area contributed by atoms with Gasteiger partial charge in [-0.1, -0.05) is 0 Å². The minimum atomic E-state index is -1.48.